The third-order valence-electron chi connectivity index (χ3n) is 4.09. The normalized spacial score (nSPS) is 18.9. The minimum absolute atomic E-state index is 0.326. The van der Waals surface area contributed by atoms with E-state index in [9.17, 15) is 0 Å². The number of ether oxygens (including phenoxy) is 2. The standard InChI is InChI=1S/C17H35N3O2/c1-4-15(5-2)13-20-17(18-6-3)19-10-8-11-21-14-16-9-7-12-22-16/h15-16H,4-14H2,1-3H3,(H2,18,19,20). The molecule has 5 heteroatoms. The fourth-order valence-electron chi connectivity index (χ4n) is 2.48. The second kappa shape index (κ2) is 12.7. The molecular formula is C17H35N3O2. The van der Waals surface area contributed by atoms with Crippen LogP contribution < -0.4 is 10.6 Å². The van der Waals surface area contributed by atoms with Crippen molar-refractivity contribution in [3.8, 4) is 0 Å². The smallest absolute Gasteiger partial charge is 0.191 e. The number of nitrogens with one attached hydrogen (secondary N) is 2. The van der Waals surface area contributed by atoms with Gasteiger partial charge in [-0.3, -0.25) is 4.99 Å². The largest absolute Gasteiger partial charge is 0.379 e. The summed E-state index contributed by atoms with van der Waals surface area (Å²) < 4.78 is 11.2. The molecule has 0 spiro atoms. The Morgan fingerprint density at radius 2 is 2.09 bits per heavy atom. The predicted octanol–water partition coefficient (Wildman–Crippen LogP) is 2.56. The van der Waals surface area contributed by atoms with Crippen molar-refractivity contribution in [2.24, 2.45) is 10.9 Å². The molecule has 1 aliphatic heterocycles. The maximum atomic E-state index is 5.67. The zero-order valence-corrected chi connectivity index (χ0v) is 14.7. The quantitative estimate of drug-likeness (QED) is 0.350. The van der Waals surface area contributed by atoms with Crippen molar-refractivity contribution in [3.63, 3.8) is 0 Å². The van der Waals surface area contributed by atoms with E-state index in [4.69, 9.17) is 9.47 Å². The maximum Gasteiger partial charge on any atom is 0.191 e. The van der Waals surface area contributed by atoms with Gasteiger partial charge in [-0.2, -0.15) is 0 Å². The Bertz CT molecular complexity index is 288. The molecule has 2 N–H and O–H groups in total. The van der Waals surface area contributed by atoms with Gasteiger partial charge in [-0.05, 0) is 32.1 Å². The molecule has 130 valence electrons. The molecule has 1 saturated heterocycles. The van der Waals surface area contributed by atoms with Crippen LogP contribution in [0.25, 0.3) is 0 Å². The number of rotatable bonds is 11. The minimum atomic E-state index is 0.326. The SMILES string of the molecule is CCNC(=NCC(CC)CC)NCCCOCC1CCCO1. The van der Waals surface area contributed by atoms with Crippen molar-refractivity contribution in [1.82, 2.24) is 10.6 Å². The van der Waals surface area contributed by atoms with Crippen molar-refractivity contribution in [3.05, 3.63) is 0 Å². The van der Waals surface area contributed by atoms with Crippen molar-refractivity contribution in [2.45, 2.75) is 59.0 Å². The predicted molar refractivity (Wildman–Crippen MR) is 92.5 cm³/mol. The van der Waals surface area contributed by atoms with E-state index >= 15 is 0 Å². The second-order valence-electron chi connectivity index (χ2n) is 5.89. The lowest BCUT2D eigenvalue weighted by Crippen LogP contribution is -2.38. The van der Waals surface area contributed by atoms with Gasteiger partial charge in [0.2, 0.25) is 0 Å². The number of guanidine groups is 1. The highest BCUT2D eigenvalue weighted by Crippen LogP contribution is 2.11. The molecule has 0 bridgehead atoms. The Labute approximate surface area is 136 Å². The monoisotopic (exact) mass is 313 g/mol. The lowest BCUT2D eigenvalue weighted by molar-refractivity contribution is 0.0168. The minimum Gasteiger partial charge on any atom is -0.379 e. The van der Waals surface area contributed by atoms with Crippen LogP contribution in [0, 0.1) is 5.92 Å². The average molecular weight is 313 g/mol. The molecule has 1 heterocycles. The van der Waals surface area contributed by atoms with Gasteiger partial charge >= 0.3 is 0 Å². The Balaban J connectivity index is 2.10. The number of aliphatic imine (C=N–C) groups is 1. The number of hydrogen-bond donors (Lipinski definition) is 2. The molecule has 1 fully saturated rings. The van der Waals surface area contributed by atoms with Gasteiger partial charge in [0.25, 0.3) is 0 Å². The van der Waals surface area contributed by atoms with Gasteiger partial charge in [0.1, 0.15) is 0 Å². The van der Waals surface area contributed by atoms with Crippen LogP contribution >= 0.6 is 0 Å². The van der Waals surface area contributed by atoms with E-state index in [1.165, 1.54) is 19.3 Å². The van der Waals surface area contributed by atoms with E-state index < -0.39 is 0 Å². The summed E-state index contributed by atoms with van der Waals surface area (Å²) in [5.74, 6) is 1.61. The molecule has 5 nitrogen and oxygen atoms in total. The lowest BCUT2D eigenvalue weighted by atomic mass is 10.0. The van der Waals surface area contributed by atoms with Gasteiger partial charge in [-0.1, -0.05) is 26.7 Å². The third kappa shape index (κ3) is 8.59. The molecular weight excluding hydrogens is 278 g/mol. The van der Waals surface area contributed by atoms with Gasteiger partial charge in [0.15, 0.2) is 5.96 Å². The molecule has 0 saturated carbocycles. The molecule has 1 aliphatic rings. The number of nitrogens with zero attached hydrogens (tertiary/aromatic N) is 1. The zero-order chi connectivity index (χ0) is 16.0. The van der Waals surface area contributed by atoms with Crippen molar-refractivity contribution < 1.29 is 9.47 Å². The summed E-state index contributed by atoms with van der Waals surface area (Å²) in [6.07, 6.45) is 6.02. The Hall–Kier alpha value is -0.810. The van der Waals surface area contributed by atoms with Crippen LogP contribution in [0.15, 0.2) is 4.99 Å². The van der Waals surface area contributed by atoms with Crippen molar-refractivity contribution in [1.29, 1.82) is 0 Å². The van der Waals surface area contributed by atoms with Crippen LogP contribution in [0.5, 0.6) is 0 Å². The molecule has 0 aromatic heterocycles. The van der Waals surface area contributed by atoms with E-state index in [1.807, 2.05) is 0 Å². The molecule has 1 rings (SSSR count). The van der Waals surface area contributed by atoms with Crippen LogP contribution in [0.2, 0.25) is 0 Å². The van der Waals surface area contributed by atoms with Crippen LogP contribution in [-0.4, -0.2) is 51.5 Å². The first-order valence-corrected chi connectivity index (χ1v) is 9.01. The number of hydrogen-bond acceptors (Lipinski definition) is 3. The summed E-state index contributed by atoms with van der Waals surface area (Å²) in [5.41, 5.74) is 0. The first-order chi connectivity index (χ1) is 10.8. The van der Waals surface area contributed by atoms with Gasteiger partial charge in [0, 0.05) is 32.8 Å². The van der Waals surface area contributed by atoms with E-state index in [0.29, 0.717) is 12.0 Å². The van der Waals surface area contributed by atoms with E-state index in [2.05, 4.69) is 36.4 Å². The molecule has 0 aromatic rings. The summed E-state index contributed by atoms with van der Waals surface area (Å²) in [7, 11) is 0. The first-order valence-electron chi connectivity index (χ1n) is 9.01. The van der Waals surface area contributed by atoms with Crippen LogP contribution in [0.1, 0.15) is 52.9 Å². The fraction of sp³-hybridized carbons (Fsp3) is 0.941. The molecule has 0 radical (unpaired) electrons. The highest BCUT2D eigenvalue weighted by Gasteiger charge is 2.14. The molecule has 0 aliphatic carbocycles. The van der Waals surface area contributed by atoms with Crippen molar-refractivity contribution in [2.75, 3.05) is 39.5 Å². The summed E-state index contributed by atoms with van der Waals surface area (Å²) in [6.45, 7) is 11.7. The van der Waals surface area contributed by atoms with Gasteiger partial charge < -0.3 is 20.1 Å². The first kappa shape index (κ1) is 19.2. The Morgan fingerprint density at radius 3 is 2.73 bits per heavy atom. The Morgan fingerprint density at radius 1 is 1.27 bits per heavy atom. The highest BCUT2D eigenvalue weighted by molar-refractivity contribution is 5.79. The summed E-state index contributed by atoms with van der Waals surface area (Å²) in [5, 5.41) is 6.68. The van der Waals surface area contributed by atoms with Crippen molar-refractivity contribution >= 4 is 5.96 Å². The van der Waals surface area contributed by atoms with E-state index in [-0.39, 0.29) is 0 Å². The average Bonchev–Trinajstić information content (AvgIpc) is 3.04. The summed E-state index contributed by atoms with van der Waals surface area (Å²) >= 11 is 0. The van der Waals surface area contributed by atoms with Gasteiger partial charge in [0.05, 0.1) is 12.7 Å². The van der Waals surface area contributed by atoms with Crippen LogP contribution in [0.3, 0.4) is 0 Å². The topological polar surface area (TPSA) is 54.9 Å². The fourth-order valence-corrected chi connectivity index (χ4v) is 2.48. The molecule has 0 aromatic carbocycles. The van der Waals surface area contributed by atoms with E-state index in [0.717, 1.165) is 58.3 Å². The maximum absolute atomic E-state index is 5.67. The molecule has 1 unspecified atom stereocenters. The summed E-state index contributed by atoms with van der Waals surface area (Å²) in [6, 6.07) is 0. The molecule has 0 amide bonds. The third-order valence-corrected chi connectivity index (χ3v) is 4.09. The van der Waals surface area contributed by atoms with E-state index in [1.54, 1.807) is 0 Å². The molecule has 1 atom stereocenters. The highest BCUT2D eigenvalue weighted by atomic mass is 16.5. The van der Waals surface area contributed by atoms with Gasteiger partial charge in [-0.15, -0.1) is 0 Å². The van der Waals surface area contributed by atoms with Crippen LogP contribution in [0.4, 0.5) is 0 Å². The zero-order valence-electron chi connectivity index (χ0n) is 14.7. The van der Waals surface area contributed by atoms with Crippen LogP contribution in [-0.2, 0) is 9.47 Å². The molecule has 22 heavy (non-hydrogen) atoms. The lowest BCUT2D eigenvalue weighted by Gasteiger charge is -2.14. The summed E-state index contributed by atoms with van der Waals surface area (Å²) in [4.78, 5) is 4.67. The van der Waals surface area contributed by atoms with Gasteiger partial charge in [-0.25, -0.2) is 0 Å². The second-order valence-corrected chi connectivity index (χ2v) is 5.89. The Kier molecular flexibility index (Phi) is 11.1.